The maximum absolute atomic E-state index is 12.3. The third-order valence-corrected chi connectivity index (χ3v) is 8.83. The summed E-state index contributed by atoms with van der Waals surface area (Å²) < 4.78 is 26.5. The van der Waals surface area contributed by atoms with Crippen LogP contribution in [-0.4, -0.2) is 79.6 Å². The largest absolute Gasteiger partial charge is 0.355 e. The molecule has 1 spiro atoms. The van der Waals surface area contributed by atoms with E-state index in [-0.39, 0.29) is 29.7 Å². The van der Waals surface area contributed by atoms with Crippen molar-refractivity contribution >= 4 is 51.7 Å². The SMILES string of the molecule is CCN(CC)S(=O)(=O)CCNC(=NC)N1CCSC2(CCCCC2)C1.I. The minimum Gasteiger partial charge on any atom is -0.355 e. The Labute approximate surface area is 181 Å². The second-order valence-corrected chi connectivity index (χ2v) is 10.5. The lowest BCUT2D eigenvalue weighted by atomic mass is 9.87. The van der Waals surface area contributed by atoms with Crippen LogP contribution in [0.2, 0.25) is 0 Å². The highest BCUT2D eigenvalue weighted by Gasteiger charge is 2.38. The van der Waals surface area contributed by atoms with Gasteiger partial charge in [-0.15, -0.1) is 24.0 Å². The fourth-order valence-corrected chi connectivity index (χ4v) is 6.87. The van der Waals surface area contributed by atoms with Gasteiger partial charge in [0.1, 0.15) is 0 Å². The average Bonchev–Trinajstić information content (AvgIpc) is 2.60. The molecule has 6 nitrogen and oxygen atoms in total. The van der Waals surface area contributed by atoms with E-state index in [0.29, 0.717) is 24.4 Å². The summed E-state index contributed by atoms with van der Waals surface area (Å²) in [7, 11) is -1.40. The van der Waals surface area contributed by atoms with Crippen molar-refractivity contribution in [1.29, 1.82) is 0 Å². The lowest BCUT2D eigenvalue weighted by Crippen LogP contribution is -2.54. The van der Waals surface area contributed by atoms with Crippen molar-refractivity contribution in [3.05, 3.63) is 0 Å². The number of halogens is 1. The highest BCUT2D eigenvalue weighted by Crippen LogP contribution is 2.42. The molecule has 154 valence electrons. The summed E-state index contributed by atoms with van der Waals surface area (Å²) in [6.07, 6.45) is 6.60. The van der Waals surface area contributed by atoms with Crippen molar-refractivity contribution < 1.29 is 8.42 Å². The molecule has 2 rings (SSSR count). The number of thioether (sulfide) groups is 1. The molecule has 0 amide bonds. The highest BCUT2D eigenvalue weighted by molar-refractivity contribution is 14.0. The third kappa shape index (κ3) is 6.41. The molecule has 0 aromatic heterocycles. The zero-order valence-electron chi connectivity index (χ0n) is 16.4. The van der Waals surface area contributed by atoms with Gasteiger partial charge in [0.25, 0.3) is 0 Å². The van der Waals surface area contributed by atoms with Gasteiger partial charge in [0.15, 0.2) is 5.96 Å². The molecule has 26 heavy (non-hydrogen) atoms. The normalized spacial score (nSPS) is 20.9. The molecule has 2 fully saturated rings. The van der Waals surface area contributed by atoms with Crippen molar-refractivity contribution in [3.8, 4) is 0 Å². The predicted octanol–water partition coefficient (Wildman–Crippen LogP) is 2.60. The molecule has 2 aliphatic rings. The Morgan fingerprint density at radius 3 is 2.46 bits per heavy atom. The Kier molecular flexibility index (Phi) is 10.6. The van der Waals surface area contributed by atoms with Crippen LogP contribution >= 0.6 is 35.7 Å². The van der Waals surface area contributed by atoms with E-state index in [0.717, 1.165) is 24.8 Å². The summed E-state index contributed by atoms with van der Waals surface area (Å²) in [4.78, 5) is 6.73. The van der Waals surface area contributed by atoms with E-state index in [4.69, 9.17) is 0 Å². The molecule has 0 atom stereocenters. The number of rotatable bonds is 6. The molecule has 0 aromatic rings. The summed E-state index contributed by atoms with van der Waals surface area (Å²) in [6, 6.07) is 0. The Hall–Kier alpha value is 0.260. The highest BCUT2D eigenvalue weighted by atomic mass is 127. The molecule has 0 unspecified atom stereocenters. The zero-order valence-corrected chi connectivity index (χ0v) is 20.3. The smallest absolute Gasteiger partial charge is 0.215 e. The van der Waals surface area contributed by atoms with Crippen molar-refractivity contribution in [2.24, 2.45) is 4.99 Å². The minimum absolute atomic E-state index is 0. The number of nitrogens with zero attached hydrogens (tertiary/aromatic N) is 3. The van der Waals surface area contributed by atoms with E-state index in [2.05, 4.69) is 27.0 Å². The molecule has 1 saturated carbocycles. The van der Waals surface area contributed by atoms with Gasteiger partial charge in [-0.25, -0.2) is 12.7 Å². The van der Waals surface area contributed by atoms with E-state index >= 15 is 0 Å². The number of nitrogens with one attached hydrogen (secondary N) is 1. The van der Waals surface area contributed by atoms with Gasteiger partial charge in [0.2, 0.25) is 10.0 Å². The Morgan fingerprint density at radius 1 is 1.23 bits per heavy atom. The van der Waals surface area contributed by atoms with Gasteiger partial charge in [-0.3, -0.25) is 4.99 Å². The van der Waals surface area contributed by atoms with Crippen LogP contribution in [0.5, 0.6) is 0 Å². The summed E-state index contributed by atoms with van der Waals surface area (Å²) in [5, 5.41) is 3.28. The van der Waals surface area contributed by atoms with Gasteiger partial charge >= 0.3 is 0 Å². The maximum Gasteiger partial charge on any atom is 0.215 e. The van der Waals surface area contributed by atoms with Crippen LogP contribution in [0.15, 0.2) is 4.99 Å². The second-order valence-electron chi connectivity index (χ2n) is 6.89. The topological polar surface area (TPSA) is 65.0 Å². The molecule has 1 aliphatic carbocycles. The lowest BCUT2D eigenvalue weighted by Gasteiger charge is -2.45. The summed E-state index contributed by atoms with van der Waals surface area (Å²) in [6.45, 7) is 7.22. The average molecular weight is 519 g/mol. The minimum atomic E-state index is -3.19. The third-order valence-electron chi connectivity index (χ3n) is 5.27. The predicted molar refractivity (Wildman–Crippen MR) is 123 cm³/mol. The molecule has 1 N–H and O–H groups in total. The molecular weight excluding hydrogens is 483 g/mol. The molecule has 0 bridgehead atoms. The number of sulfonamides is 1. The first-order valence-corrected chi connectivity index (χ1v) is 12.1. The molecular formula is C17H35IN4O2S2. The van der Waals surface area contributed by atoms with E-state index < -0.39 is 10.0 Å². The van der Waals surface area contributed by atoms with Crippen LogP contribution in [-0.2, 0) is 10.0 Å². The molecule has 9 heteroatoms. The Bertz CT molecular complexity index is 541. The summed E-state index contributed by atoms with van der Waals surface area (Å²) >= 11 is 2.13. The zero-order chi connectivity index (χ0) is 18.3. The molecule has 0 aromatic carbocycles. The van der Waals surface area contributed by atoms with Gasteiger partial charge in [-0.1, -0.05) is 33.1 Å². The number of guanidine groups is 1. The van der Waals surface area contributed by atoms with Crippen molar-refractivity contribution in [3.63, 3.8) is 0 Å². The van der Waals surface area contributed by atoms with Gasteiger partial charge < -0.3 is 10.2 Å². The van der Waals surface area contributed by atoms with Crippen molar-refractivity contribution in [1.82, 2.24) is 14.5 Å². The van der Waals surface area contributed by atoms with Crippen LogP contribution in [0, 0.1) is 0 Å². The van der Waals surface area contributed by atoms with Crippen molar-refractivity contribution in [2.45, 2.75) is 50.7 Å². The van der Waals surface area contributed by atoms with Crippen molar-refractivity contribution in [2.75, 3.05) is 51.3 Å². The first kappa shape index (κ1) is 24.3. The van der Waals surface area contributed by atoms with Gasteiger partial charge in [-0.05, 0) is 12.8 Å². The standard InChI is InChI=1S/C17H34N4O2S2.HI/c1-4-21(5-2)25(22,23)14-11-19-16(18-3)20-12-13-24-17(15-20)9-7-6-8-10-17;/h4-15H2,1-3H3,(H,18,19);1H. The first-order chi connectivity index (χ1) is 12.0. The number of hydrogen-bond donors (Lipinski definition) is 1. The summed E-state index contributed by atoms with van der Waals surface area (Å²) in [5.74, 6) is 2.08. The van der Waals surface area contributed by atoms with Gasteiger partial charge in [0.05, 0.1) is 5.75 Å². The van der Waals surface area contributed by atoms with Crippen LogP contribution in [0.25, 0.3) is 0 Å². The van der Waals surface area contributed by atoms with Crippen LogP contribution in [0.3, 0.4) is 0 Å². The second kappa shape index (κ2) is 11.3. The van der Waals surface area contributed by atoms with Crippen LogP contribution < -0.4 is 5.32 Å². The first-order valence-electron chi connectivity index (χ1n) is 9.54. The molecule has 1 saturated heterocycles. The molecule has 1 heterocycles. The van der Waals surface area contributed by atoms with Gasteiger partial charge in [0, 0.05) is 50.3 Å². The van der Waals surface area contributed by atoms with E-state index in [1.165, 1.54) is 36.4 Å². The number of aliphatic imine (C=N–C) groups is 1. The number of hydrogen-bond acceptors (Lipinski definition) is 4. The maximum atomic E-state index is 12.3. The quantitative estimate of drug-likeness (QED) is 0.333. The summed E-state index contributed by atoms with van der Waals surface area (Å²) in [5.41, 5.74) is 0. The van der Waals surface area contributed by atoms with Gasteiger partial charge in [-0.2, -0.15) is 11.8 Å². The fourth-order valence-electron chi connectivity index (χ4n) is 3.89. The van der Waals surface area contributed by atoms with E-state index in [1.807, 2.05) is 13.8 Å². The lowest BCUT2D eigenvalue weighted by molar-refractivity contribution is 0.293. The van der Waals surface area contributed by atoms with E-state index in [9.17, 15) is 8.42 Å². The fraction of sp³-hybridized carbons (Fsp3) is 0.941. The van der Waals surface area contributed by atoms with E-state index in [1.54, 1.807) is 7.05 Å². The Balaban J connectivity index is 0.00000338. The molecule has 1 aliphatic heterocycles. The van der Waals surface area contributed by atoms with Crippen LogP contribution in [0.4, 0.5) is 0 Å². The molecule has 0 radical (unpaired) electrons. The van der Waals surface area contributed by atoms with Crippen LogP contribution in [0.1, 0.15) is 46.0 Å². The monoisotopic (exact) mass is 518 g/mol. The Morgan fingerprint density at radius 2 is 1.88 bits per heavy atom.